The van der Waals surface area contributed by atoms with Crippen molar-refractivity contribution in [2.75, 3.05) is 0 Å². The number of allylic oxidation sites excluding steroid dienone is 1. The second-order valence-electron chi connectivity index (χ2n) is 4.55. The number of nitrogens with zero attached hydrogens (tertiary/aromatic N) is 1. The SMILES string of the molecule is CC(C)C=C(c1ccc(Cl)cc1)c1ccccn1. The zero-order valence-corrected chi connectivity index (χ0v) is 11.4. The Bertz CT molecular complexity index is 527. The fourth-order valence-electron chi connectivity index (χ4n) is 1.81. The third kappa shape index (κ3) is 3.21. The Labute approximate surface area is 113 Å². The molecule has 0 saturated heterocycles. The maximum Gasteiger partial charge on any atom is 0.0704 e. The number of hydrogen-bond donors (Lipinski definition) is 0. The molecule has 18 heavy (non-hydrogen) atoms. The fourth-order valence-corrected chi connectivity index (χ4v) is 1.94. The lowest BCUT2D eigenvalue weighted by molar-refractivity contribution is 0.833. The smallest absolute Gasteiger partial charge is 0.0704 e. The van der Waals surface area contributed by atoms with E-state index in [1.165, 1.54) is 0 Å². The van der Waals surface area contributed by atoms with Gasteiger partial charge in [0.05, 0.1) is 5.69 Å². The van der Waals surface area contributed by atoms with Gasteiger partial charge in [-0.15, -0.1) is 0 Å². The molecule has 0 bridgehead atoms. The molecule has 0 unspecified atom stereocenters. The molecule has 0 fully saturated rings. The third-order valence-electron chi connectivity index (χ3n) is 2.60. The van der Waals surface area contributed by atoms with Gasteiger partial charge in [-0.2, -0.15) is 0 Å². The molecule has 0 aliphatic carbocycles. The lowest BCUT2D eigenvalue weighted by Gasteiger charge is -2.09. The molecule has 2 rings (SSSR count). The van der Waals surface area contributed by atoms with Crippen molar-refractivity contribution in [2.45, 2.75) is 13.8 Å². The lowest BCUT2D eigenvalue weighted by atomic mass is 9.98. The molecule has 0 amide bonds. The molecule has 92 valence electrons. The van der Waals surface area contributed by atoms with E-state index in [9.17, 15) is 0 Å². The quantitative estimate of drug-likeness (QED) is 0.768. The zero-order valence-electron chi connectivity index (χ0n) is 10.6. The summed E-state index contributed by atoms with van der Waals surface area (Å²) in [6.45, 7) is 4.33. The largest absolute Gasteiger partial charge is 0.256 e. The van der Waals surface area contributed by atoms with Gasteiger partial charge < -0.3 is 0 Å². The molecule has 0 N–H and O–H groups in total. The summed E-state index contributed by atoms with van der Waals surface area (Å²) in [6.07, 6.45) is 4.05. The van der Waals surface area contributed by atoms with Crippen molar-refractivity contribution in [1.82, 2.24) is 4.98 Å². The molecule has 1 aromatic heterocycles. The number of halogens is 1. The zero-order chi connectivity index (χ0) is 13.0. The van der Waals surface area contributed by atoms with Crippen LogP contribution in [-0.2, 0) is 0 Å². The van der Waals surface area contributed by atoms with E-state index in [4.69, 9.17) is 11.6 Å². The first kappa shape index (κ1) is 12.8. The molecule has 2 heteroatoms. The Morgan fingerprint density at radius 3 is 2.39 bits per heavy atom. The van der Waals surface area contributed by atoms with Crippen molar-refractivity contribution in [2.24, 2.45) is 5.92 Å². The minimum Gasteiger partial charge on any atom is -0.256 e. The summed E-state index contributed by atoms with van der Waals surface area (Å²) in [6, 6.07) is 13.9. The summed E-state index contributed by atoms with van der Waals surface area (Å²) in [5.74, 6) is 0.470. The predicted octanol–water partition coefficient (Wildman–Crippen LogP) is 4.82. The minimum atomic E-state index is 0.470. The Balaban J connectivity index is 2.47. The van der Waals surface area contributed by atoms with E-state index in [-0.39, 0.29) is 0 Å². The van der Waals surface area contributed by atoms with Gasteiger partial charge in [-0.1, -0.05) is 49.7 Å². The van der Waals surface area contributed by atoms with E-state index in [0.717, 1.165) is 21.9 Å². The molecule has 0 aliphatic heterocycles. The van der Waals surface area contributed by atoms with Crippen LogP contribution in [0.4, 0.5) is 0 Å². The number of hydrogen-bond acceptors (Lipinski definition) is 1. The topological polar surface area (TPSA) is 12.9 Å². The van der Waals surface area contributed by atoms with Crippen LogP contribution in [0.3, 0.4) is 0 Å². The Morgan fingerprint density at radius 1 is 1.11 bits per heavy atom. The Kier molecular flexibility index (Phi) is 4.16. The van der Waals surface area contributed by atoms with Gasteiger partial charge in [0.2, 0.25) is 0 Å². The van der Waals surface area contributed by atoms with Gasteiger partial charge in [-0.05, 0) is 35.7 Å². The van der Waals surface area contributed by atoms with Crippen LogP contribution in [0.2, 0.25) is 5.02 Å². The van der Waals surface area contributed by atoms with Crippen molar-refractivity contribution < 1.29 is 0 Å². The maximum atomic E-state index is 5.93. The molecule has 0 radical (unpaired) electrons. The molecule has 0 aliphatic rings. The highest BCUT2D eigenvalue weighted by Gasteiger charge is 2.06. The van der Waals surface area contributed by atoms with E-state index in [1.54, 1.807) is 0 Å². The molecule has 0 spiro atoms. The number of pyridine rings is 1. The van der Waals surface area contributed by atoms with Crippen molar-refractivity contribution in [3.63, 3.8) is 0 Å². The summed E-state index contributed by atoms with van der Waals surface area (Å²) in [7, 11) is 0. The second kappa shape index (κ2) is 5.83. The monoisotopic (exact) mass is 257 g/mol. The van der Waals surface area contributed by atoms with Gasteiger partial charge >= 0.3 is 0 Å². The van der Waals surface area contributed by atoms with E-state index < -0.39 is 0 Å². The minimum absolute atomic E-state index is 0.470. The molecule has 0 atom stereocenters. The van der Waals surface area contributed by atoms with Crippen LogP contribution >= 0.6 is 11.6 Å². The summed E-state index contributed by atoms with van der Waals surface area (Å²) < 4.78 is 0. The van der Waals surface area contributed by atoms with Crippen LogP contribution in [0.5, 0.6) is 0 Å². The van der Waals surface area contributed by atoms with E-state index >= 15 is 0 Å². The second-order valence-corrected chi connectivity index (χ2v) is 4.98. The molecule has 1 heterocycles. The molecule has 1 nitrogen and oxygen atoms in total. The normalized spacial score (nSPS) is 11.9. The molecule has 2 aromatic rings. The fraction of sp³-hybridized carbons (Fsp3) is 0.188. The number of benzene rings is 1. The summed E-state index contributed by atoms with van der Waals surface area (Å²) in [5, 5.41) is 0.753. The van der Waals surface area contributed by atoms with Crippen molar-refractivity contribution in [3.8, 4) is 0 Å². The predicted molar refractivity (Wildman–Crippen MR) is 77.6 cm³/mol. The van der Waals surface area contributed by atoms with Crippen molar-refractivity contribution in [3.05, 3.63) is 71.0 Å². The van der Waals surface area contributed by atoms with Gasteiger partial charge in [0.15, 0.2) is 0 Å². The molecular formula is C16H16ClN. The lowest BCUT2D eigenvalue weighted by Crippen LogP contribution is -1.93. The van der Waals surface area contributed by atoms with Crippen LogP contribution in [-0.4, -0.2) is 4.98 Å². The first-order valence-corrected chi connectivity index (χ1v) is 6.44. The van der Waals surface area contributed by atoms with E-state index in [1.807, 2.05) is 48.7 Å². The number of rotatable bonds is 3. The Hall–Kier alpha value is -1.60. The van der Waals surface area contributed by atoms with Crippen LogP contribution < -0.4 is 0 Å². The highest BCUT2D eigenvalue weighted by Crippen LogP contribution is 2.24. The molecule has 1 aromatic carbocycles. The van der Waals surface area contributed by atoms with Gasteiger partial charge in [0.1, 0.15) is 0 Å². The average molecular weight is 258 g/mol. The molecule has 0 saturated carbocycles. The van der Waals surface area contributed by atoms with E-state index in [2.05, 4.69) is 24.9 Å². The summed E-state index contributed by atoms with van der Waals surface area (Å²) in [5.41, 5.74) is 3.29. The highest BCUT2D eigenvalue weighted by atomic mass is 35.5. The van der Waals surface area contributed by atoms with Crippen LogP contribution in [0.1, 0.15) is 25.1 Å². The van der Waals surface area contributed by atoms with Crippen LogP contribution in [0.25, 0.3) is 5.57 Å². The van der Waals surface area contributed by atoms with E-state index in [0.29, 0.717) is 5.92 Å². The van der Waals surface area contributed by atoms with Gasteiger partial charge in [-0.3, -0.25) is 4.98 Å². The van der Waals surface area contributed by atoms with Crippen molar-refractivity contribution in [1.29, 1.82) is 0 Å². The highest BCUT2D eigenvalue weighted by molar-refractivity contribution is 6.30. The number of aromatic nitrogens is 1. The third-order valence-corrected chi connectivity index (χ3v) is 2.85. The van der Waals surface area contributed by atoms with Gasteiger partial charge in [-0.25, -0.2) is 0 Å². The van der Waals surface area contributed by atoms with Gasteiger partial charge in [0.25, 0.3) is 0 Å². The van der Waals surface area contributed by atoms with Crippen molar-refractivity contribution >= 4 is 17.2 Å². The van der Waals surface area contributed by atoms with Crippen LogP contribution in [0, 0.1) is 5.92 Å². The standard InChI is InChI=1S/C16H16ClN/c1-12(2)11-15(16-5-3-4-10-18-16)13-6-8-14(17)9-7-13/h3-12H,1-2H3. The van der Waals surface area contributed by atoms with Crippen LogP contribution in [0.15, 0.2) is 54.7 Å². The summed E-state index contributed by atoms with van der Waals surface area (Å²) >= 11 is 5.93. The van der Waals surface area contributed by atoms with Gasteiger partial charge in [0, 0.05) is 16.8 Å². The first-order chi connectivity index (χ1) is 8.66. The Morgan fingerprint density at radius 2 is 1.83 bits per heavy atom. The maximum absolute atomic E-state index is 5.93. The summed E-state index contributed by atoms with van der Waals surface area (Å²) in [4.78, 5) is 4.43. The first-order valence-electron chi connectivity index (χ1n) is 6.06. The average Bonchev–Trinajstić information content (AvgIpc) is 2.38. The molecular weight excluding hydrogens is 242 g/mol.